The second kappa shape index (κ2) is 7.56. The predicted molar refractivity (Wildman–Crippen MR) is 99.2 cm³/mol. The molecule has 2 fully saturated rings. The molecule has 1 aromatic rings. The van der Waals surface area contributed by atoms with E-state index in [1.165, 1.54) is 0 Å². The van der Waals surface area contributed by atoms with E-state index in [1.807, 2.05) is 35.2 Å². The quantitative estimate of drug-likeness (QED) is 0.651. The largest absolute Gasteiger partial charge is 0.388 e. The van der Waals surface area contributed by atoms with E-state index in [0.29, 0.717) is 18.9 Å². The summed E-state index contributed by atoms with van der Waals surface area (Å²) in [7, 11) is 0. The van der Waals surface area contributed by atoms with E-state index in [2.05, 4.69) is 4.99 Å². The van der Waals surface area contributed by atoms with Crippen molar-refractivity contribution in [3.63, 3.8) is 0 Å². The summed E-state index contributed by atoms with van der Waals surface area (Å²) in [4.78, 5) is 19.6. The Morgan fingerprint density at radius 1 is 1.16 bits per heavy atom. The predicted octanol–water partition coefficient (Wildman–Crippen LogP) is 2.43. The number of benzene rings is 1. The standard InChI is InChI=1S/C20H29N3O2/c1-15(21)22-18-11-13-23(14-12-18)19(24)20(25,17-9-5-6-10-17)16-7-3-2-4-8-16/h2-4,7-8,17-18,25H,5-6,9-14H2,1H3,(H2,21,22). The summed E-state index contributed by atoms with van der Waals surface area (Å²) in [5.41, 5.74) is 5.00. The highest BCUT2D eigenvalue weighted by Gasteiger charge is 2.48. The molecule has 1 heterocycles. The van der Waals surface area contributed by atoms with Crippen LogP contribution in [0.3, 0.4) is 0 Å². The molecule has 1 aromatic carbocycles. The molecule has 3 N–H and O–H groups in total. The minimum Gasteiger partial charge on any atom is -0.388 e. The molecule has 1 atom stereocenters. The SMILES string of the molecule is CC(N)=NC1CCN(C(=O)C(O)(c2ccccc2)C2CCCC2)CC1. The van der Waals surface area contributed by atoms with Gasteiger partial charge in [0.05, 0.1) is 11.9 Å². The lowest BCUT2D eigenvalue weighted by molar-refractivity contribution is -0.160. The van der Waals surface area contributed by atoms with Gasteiger partial charge in [-0.2, -0.15) is 0 Å². The molecule has 5 nitrogen and oxygen atoms in total. The van der Waals surface area contributed by atoms with Gasteiger partial charge in [-0.15, -0.1) is 0 Å². The molecule has 1 unspecified atom stereocenters. The molecule has 25 heavy (non-hydrogen) atoms. The smallest absolute Gasteiger partial charge is 0.259 e. The van der Waals surface area contributed by atoms with Gasteiger partial charge in [0, 0.05) is 19.0 Å². The van der Waals surface area contributed by atoms with Crippen LogP contribution in [0.4, 0.5) is 0 Å². The molecule has 3 rings (SSSR count). The highest BCUT2D eigenvalue weighted by molar-refractivity contribution is 5.87. The number of nitrogens with two attached hydrogens (primary N) is 1. The molecule has 1 aliphatic heterocycles. The monoisotopic (exact) mass is 343 g/mol. The zero-order valence-corrected chi connectivity index (χ0v) is 15.0. The maximum absolute atomic E-state index is 13.4. The Balaban J connectivity index is 1.80. The minimum absolute atomic E-state index is 0.00410. The molecule has 136 valence electrons. The summed E-state index contributed by atoms with van der Waals surface area (Å²) in [6, 6.07) is 9.66. The van der Waals surface area contributed by atoms with Crippen molar-refractivity contribution in [2.75, 3.05) is 13.1 Å². The van der Waals surface area contributed by atoms with Crippen LogP contribution < -0.4 is 5.73 Å². The Hall–Kier alpha value is -1.88. The van der Waals surface area contributed by atoms with Crippen LogP contribution in [-0.4, -0.2) is 40.9 Å². The number of carbonyl (C=O) groups is 1. The van der Waals surface area contributed by atoms with Crippen molar-refractivity contribution in [2.45, 2.75) is 57.1 Å². The third-order valence-electron chi connectivity index (χ3n) is 5.62. The number of aliphatic imine (C=N–C) groups is 1. The van der Waals surface area contributed by atoms with E-state index in [-0.39, 0.29) is 17.9 Å². The van der Waals surface area contributed by atoms with Crippen LogP contribution in [0.15, 0.2) is 35.3 Å². The van der Waals surface area contributed by atoms with E-state index in [0.717, 1.165) is 44.1 Å². The Morgan fingerprint density at radius 2 is 1.76 bits per heavy atom. The first-order valence-electron chi connectivity index (χ1n) is 9.39. The normalized spacial score (nSPS) is 22.8. The van der Waals surface area contributed by atoms with Crippen molar-refractivity contribution >= 4 is 11.7 Å². The first-order valence-corrected chi connectivity index (χ1v) is 9.39. The van der Waals surface area contributed by atoms with Crippen LogP contribution in [0.1, 0.15) is 51.0 Å². The van der Waals surface area contributed by atoms with Gasteiger partial charge in [-0.25, -0.2) is 0 Å². The fourth-order valence-electron chi connectivity index (χ4n) is 4.30. The van der Waals surface area contributed by atoms with Crippen molar-refractivity contribution in [1.29, 1.82) is 0 Å². The summed E-state index contributed by atoms with van der Waals surface area (Å²) < 4.78 is 0. The van der Waals surface area contributed by atoms with Gasteiger partial charge in [-0.05, 0) is 38.2 Å². The van der Waals surface area contributed by atoms with E-state index in [4.69, 9.17) is 5.73 Å². The second-order valence-corrected chi connectivity index (χ2v) is 7.41. The Bertz CT molecular complexity index is 613. The zero-order chi connectivity index (χ0) is 17.9. The number of hydrogen-bond donors (Lipinski definition) is 2. The van der Waals surface area contributed by atoms with E-state index in [1.54, 1.807) is 6.92 Å². The first kappa shape index (κ1) is 17.9. The summed E-state index contributed by atoms with van der Waals surface area (Å²) in [6.07, 6.45) is 5.58. The van der Waals surface area contributed by atoms with Crippen LogP contribution in [-0.2, 0) is 10.4 Å². The summed E-state index contributed by atoms with van der Waals surface area (Å²) in [6.45, 7) is 3.05. The summed E-state index contributed by atoms with van der Waals surface area (Å²) in [5.74, 6) is 0.457. The number of amidine groups is 1. The summed E-state index contributed by atoms with van der Waals surface area (Å²) >= 11 is 0. The fraction of sp³-hybridized carbons (Fsp3) is 0.600. The Morgan fingerprint density at radius 3 is 2.32 bits per heavy atom. The highest BCUT2D eigenvalue weighted by Crippen LogP contribution is 2.42. The highest BCUT2D eigenvalue weighted by atomic mass is 16.3. The zero-order valence-electron chi connectivity index (χ0n) is 15.0. The average Bonchev–Trinajstić information content (AvgIpc) is 3.16. The average molecular weight is 343 g/mol. The fourth-order valence-corrected chi connectivity index (χ4v) is 4.30. The molecule has 1 saturated heterocycles. The third-order valence-corrected chi connectivity index (χ3v) is 5.62. The van der Waals surface area contributed by atoms with Crippen LogP contribution in [0.2, 0.25) is 0 Å². The van der Waals surface area contributed by atoms with Crippen LogP contribution in [0.5, 0.6) is 0 Å². The van der Waals surface area contributed by atoms with Crippen molar-refractivity contribution in [1.82, 2.24) is 4.90 Å². The third kappa shape index (κ3) is 3.71. The van der Waals surface area contributed by atoms with Crippen LogP contribution in [0.25, 0.3) is 0 Å². The second-order valence-electron chi connectivity index (χ2n) is 7.41. The molecule has 1 aliphatic carbocycles. The van der Waals surface area contributed by atoms with Gasteiger partial charge in [0.15, 0.2) is 5.60 Å². The number of aliphatic hydroxyl groups is 1. The van der Waals surface area contributed by atoms with Crippen molar-refractivity contribution in [3.8, 4) is 0 Å². The number of nitrogens with zero attached hydrogens (tertiary/aromatic N) is 2. The van der Waals surface area contributed by atoms with Gasteiger partial charge < -0.3 is 15.7 Å². The Labute approximate surface area is 149 Å². The Kier molecular flexibility index (Phi) is 5.42. The van der Waals surface area contributed by atoms with Crippen LogP contribution in [0, 0.1) is 5.92 Å². The molecule has 0 aromatic heterocycles. The number of likely N-dealkylation sites (tertiary alicyclic amines) is 1. The maximum atomic E-state index is 13.4. The molecule has 0 bridgehead atoms. The van der Waals surface area contributed by atoms with Gasteiger partial charge in [0.25, 0.3) is 5.91 Å². The van der Waals surface area contributed by atoms with Gasteiger partial charge in [0.2, 0.25) is 0 Å². The number of hydrogen-bond acceptors (Lipinski definition) is 3. The van der Waals surface area contributed by atoms with E-state index < -0.39 is 5.60 Å². The minimum atomic E-state index is -1.41. The molecule has 0 spiro atoms. The van der Waals surface area contributed by atoms with E-state index >= 15 is 0 Å². The van der Waals surface area contributed by atoms with E-state index in [9.17, 15) is 9.90 Å². The molecular weight excluding hydrogens is 314 g/mol. The number of piperidine rings is 1. The van der Waals surface area contributed by atoms with Gasteiger partial charge in [0.1, 0.15) is 0 Å². The lowest BCUT2D eigenvalue weighted by atomic mass is 9.78. The molecule has 0 radical (unpaired) electrons. The molecule has 1 amide bonds. The van der Waals surface area contributed by atoms with Gasteiger partial charge in [-0.3, -0.25) is 9.79 Å². The van der Waals surface area contributed by atoms with Crippen molar-refractivity contribution in [2.24, 2.45) is 16.6 Å². The molecular formula is C20H29N3O2. The molecule has 2 aliphatic rings. The number of carbonyl (C=O) groups excluding carboxylic acids is 1. The topological polar surface area (TPSA) is 78.9 Å². The van der Waals surface area contributed by atoms with Gasteiger partial charge >= 0.3 is 0 Å². The number of amides is 1. The molecule has 5 heteroatoms. The van der Waals surface area contributed by atoms with Gasteiger partial charge in [-0.1, -0.05) is 43.2 Å². The lowest BCUT2D eigenvalue weighted by Gasteiger charge is -2.40. The van der Waals surface area contributed by atoms with Crippen molar-refractivity contribution < 1.29 is 9.90 Å². The molecule has 1 saturated carbocycles. The number of rotatable bonds is 4. The lowest BCUT2D eigenvalue weighted by Crippen LogP contribution is -2.53. The first-order chi connectivity index (χ1) is 12.0. The maximum Gasteiger partial charge on any atom is 0.259 e. The van der Waals surface area contributed by atoms with Crippen LogP contribution >= 0.6 is 0 Å². The van der Waals surface area contributed by atoms with Crippen molar-refractivity contribution in [3.05, 3.63) is 35.9 Å². The summed E-state index contributed by atoms with van der Waals surface area (Å²) in [5, 5.41) is 11.6.